The van der Waals surface area contributed by atoms with E-state index in [1.165, 1.54) is 25.9 Å². The topological polar surface area (TPSA) is 49.9 Å². The highest BCUT2D eigenvalue weighted by Crippen LogP contribution is 2.21. The maximum Gasteiger partial charge on any atom is 0.306 e. The lowest BCUT2D eigenvalue weighted by molar-refractivity contribution is -0.146. The zero-order chi connectivity index (χ0) is 14.4. The number of carbonyl (C=O) groups excluding carboxylic acids is 2. The molecule has 1 amide bonds. The molecule has 0 bridgehead atoms. The first-order chi connectivity index (χ1) is 9.70. The van der Waals surface area contributed by atoms with Gasteiger partial charge in [0.15, 0.2) is 0 Å². The minimum atomic E-state index is -0.271. The van der Waals surface area contributed by atoms with Crippen molar-refractivity contribution in [2.24, 2.45) is 0 Å². The van der Waals surface area contributed by atoms with E-state index in [0.29, 0.717) is 12.6 Å². The van der Waals surface area contributed by atoms with Crippen molar-refractivity contribution < 1.29 is 14.3 Å². The summed E-state index contributed by atoms with van der Waals surface area (Å²) in [5.74, 6) is -0.175. The van der Waals surface area contributed by atoms with Gasteiger partial charge in [-0.3, -0.25) is 9.59 Å². The average molecular weight is 282 g/mol. The summed E-state index contributed by atoms with van der Waals surface area (Å²) in [5, 5.41) is 0. The second-order valence-electron chi connectivity index (χ2n) is 5.66. The van der Waals surface area contributed by atoms with Gasteiger partial charge in [-0.05, 0) is 45.7 Å². The summed E-state index contributed by atoms with van der Waals surface area (Å²) in [7, 11) is 0. The van der Waals surface area contributed by atoms with Crippen LogP contribution in [-0.2, 0) is 14.3 Å². The van der Waals surface area contributed by atoms with Gasteiger partial charge >= 0.3 is 5.97 Å². The Hall–Kier alpha value is -1.10. The molecule has 5 nitrogen and oxygen atoms in total. The Kier molecular flexibility index (Phi) is 5.83. The van der Waals surface area contributed by atoms with Crippen molar-refractivity contribution in [1.82, 2.24) is 9.80 Å². The van der Waals surface area contributed by atoms with E-state index in [1.54, 1.807) is 6.92 Å². The van der Waals surface area contributed by atoms with E-state index < -0.39 is 0 Å². The molecule has 2 heterocycles. The summed E-state index contributed by atoms with van der Waals surface area (Å²) >= 11 is 0. The number of likely N-dealkylation sites (tertiary alicyclic amines) is 2. The van der Waals surface area contributed by atoms with Crippen molar-refractivity contribution >= 4 is 11.9 Å². The molecule has 2 saturated heterocycles. The Balaban J connectivity index is 1.67. The molecular weight excluding hydrogens is 256 g/mol. The largest absolute Gasteiger partial charge is 0.466 e. The molecular formula is C15H26N2O3. The summed E-state index contributed by atoms with van der Waals surface area (Å²) in [6.45, 7) is 6.28. The second kappa shape index (κ2) is 7.62. The van der Waals surface area contributed by atoms with Gasteiger partial charge in [0.1, 0.15) is 0 Å². The highest BCUT2D eigenvalue weighted by Gasteiger charge is 2.28. The lowest BCUT2D eigenvalue weighted by Crippen LogP contribution is -2.45. The SMILES string of the molecule is CCOC(=O)CCC(=O)N1CCC(N2CCCC2)CC1. The van der Waals surface area contributed by atoms with Crippen LogP contribution in [0, 0.1) is 0 Å². The smallest absolute Gasteiger partial charge is 0.306 e. The zero-order valence-corrected chi connectivity index (χ0v) is 12.5. The number of carbonyl (C=O) groups is 2. The van der Waals surface area contributed by atoms with Crippen molar-refractivity contribution in [1.29, 1.82) is 0 Å². The third-order valence-corrected chi connectivity index (χ3v) is 4.32. The summed E-state index contributed by atoms with van der Waals surface area (Å²) in [4.78, 5) is 27.8. The second-order valence-corrected chi connectivity index (χ2v) is 5.66. The number of piperidine rings is 1. The Morgan fingerprint density at radius 3 is 2.30 bits per heavy atom. The Labute approximate surface area is 121 Å². The van der Waals surface area contributed by atoms with Crippen molar-refractivity contribution in [2.75, 3.05) is 32.8 Å². The molecule has 0 spiro atoms. The molecule has 0 aliphatic carbocycles. The van der Waals surface area contributed by atoms with Crippen LogP contribution in [0.15, 0.2) is 0 Å². The predicted molar refractivity (Wildman–Crippen MR) is 76.3 cm³/mol. The fourth-order valence-corrected chi connectivity index (χ4v) is 3.19. The Morgan fingerprint density at radius 1 is 1.05 bits per heavy atom. The van der Waals surface area contributed by atoms with E-state index in [4.69, 9.17) is 4.74 Å². The van der Waals surface area contributed by atoms with E-state index in [-0.39, 0.29) is 24.7 Å². The van der Waals surface area contributed by atoms with Crippen molar-refractivity contribution in [3.63, 3.8) is 0 Å². The van der Waals surface area contributed by atoms with Crippen molar-refractivity contribution in [3.05, 3.63) is 0 Å². The fraction of sp³-hybridized carbons (Fsp3) is 0.867. The summed E-state index contributed by atoms with van der Waals surface area (Å²) in [6, 6.07) is 0.659. The highest BCUT2D eigenvalue weighted by atomic mass is 16.5. The molecule has 0 unspecified atom stereocenters. The third-order valence-electron chi connectivity index (χ3n) is 4.32. The Morgan fingerprint density at radius 2 is 1.70 bits per heavy atom. The first kappa shape index (κ1) is 15.3. The lowest BCUT2D eigenvalue weighted by Gasteiger charge is -2.36. The van der Waals surface area contributed by atoms with Crippen molar-refractivity contribution in [3.8, 4) is 0 Å². The molecule has 0 aromatic carbocycles. The number of nitrogens with zero attached hydrogens (tertiary/aromatic N) is 2. The molecule has 0 radical (unpaired) electrons. The van der Waals surface area contributed by atoms with Crippen LogP contribution < -0.4 is 0 Å². The normalized spacial score (nSPS) is 21.1. The number of esters is 1. The predicted octanol–water partition coefficient (Wildman–Crippen LogP) is 1.42. The van der Waals surface area contributed by atoms with Crippen molar-refractivity contribution in [2.45, 2.75) is 51.5 Å². The van der Waals surface area contributed by atoms with E-state index in [2.05, 4.69) is 4.90 Å². The number of hydrogen-bond donors (Lipinski definition) is 0. The van der Waals surface area contributed by atoms with Gasteiger partial charge < -0.3 is 14.5 Å². The van der Waals surface area contributed by atoms with E-state index >= 15 is 0 Å². The van der Waals surface area contributed by atoms with E-state index in [1.807, 2.05) is 4.90 Å². The first-order valence-electron chi connectivity index (χ1n) is 7.88. The van der Waals surface area contributed by atoms with Crippen LogP contribution in [0.2, 0.25) is 0 Å². The molecule has 5 heteroatoms. The van der Waals surface area contributed by atoms with Crippen LogP contribution in [0.4, 0.5) is 0 Å². The van der Waals surface area contributed by atoms with Gasteiger partial charge in [-0.15, -0.1) is 0 Å². The monoisotopic (exact) mass is 282 g/mol. The van der Waals surface area contributed by atoms with Gasteiger partial charge in [0.05, 0.1) is 13.0 Å². The minimum absolute atomic E-state index is 0.0953. The van der Waals surface area contributed by atoms with Gasteiger partial charge in [-0.1, -0.05) is 0 Å². The quantitative estimate of drug-likeness (QED) is 0.716. The highest BCUT2D eigenvalue weighted by molar-refractivity contribution is 5.81. The molecule has 2 fully saturated rings. The van der Waals surface area contributed by atoms with Crippen LogP contribution in [0.25, 0.3) is 0 Å². The number of hydrogen-bond acceptors (Lipinski definition) is 4. The van der Waals surface area contributed by atoms with Gasteiger partial charge in [-0.25, -0.2) is 0 Å². The standard InChI is InChI=1S/C15H26N2O3/c1-2-20-15(19)6-5-14(18)17-11-7-13(8-12-17)16-9-3-4-10-16/h13H,2-12H2,1H3. The van der Waals surface area contributed by atoms with E-state index in [9.17, 15) is 9.59 Å². The van der Waals surface area contributed by atoms with Gasteiger partial charge in [0.2, 0.25) is 5.91 Å². The summed E-state index contributed by atoms with van der Waals surface area (Å²) in [5.41, 5.74) is 0. The molecule has 0 aromatic heterocycles. The molecule has 2 aliphatic heterocycles. The summed E-state index contributed by atoms with van der Waals surface area (Å²) < 4.78 is 4.85. The maximum absolute atomic E-state index is 12.0. The minimum Gasteiger partial charge on any atom is -0.466 e. The number of amides is 1. The van der Waals surface area contributed by atoms with Crippen LogP contribution >= 0.6 is 0 Å². The first-order valence-corrected chi connectivity index (χ1v) is 7.88. The molecule has 2 aliphatic rings. The van der Waals surface area contributed by atoms with Gasteiger partial charge in [0, 0.05) is 25.6 Å². The lowest BCUT2D eigenvalue weighted by atomic mass is 10.0. The maximum atomic E-state index is 12.0. The fourth-order valence-electron chi connectivity index (χ4n) is 3.19. The van der Waals surface area contributed by atoms with Gasteiger partial charge in [0.25, 0.3) is 0 Å². The number of ether oxygens (including phenoxy) is 1. The average Bonchev–Trinajstić information content (AvgIpc) is 2.99. The van der Waals surface area contributed by atoms with Crippen LogP contribution in [0.5, 0.6) is 0 Å². The van der Waals surface area contributed by atoms with Gasteiger partial charge in [-0.2, -0.15) is 0 Å². The third kappa shape index (κ3) is 4.20. The van der Waals surface area contributed by atoms with Crippen LogP contribution in [0.1, 0.15) is 45.4 Å². The number of rotatable bonds is 5. The van der Waals surface area contributed by atoms with E-state index in [0.717, 1.165) is 25.9 Å². The summed E-state index contributed by atoms with van der Waals surface area (Å²) in [6.07, 6.45) is 5.28. The molecule has 0 aromatic rings. The molecule has 2 rings (SSSR count). The Bertz CT molecular complexity index is 332. The van der Waals surface area contributed by atoms with Crippen LogP contribution in [0.3, 0.4) is 0 Å². The molecule has 20 heavy (non-hydrogen) atoms. The molecule has 0 atom stereocenters. The molecule has 0 saturated carbocycles. The molecule has 0 N–H and O–H groups in total. The van der Waals surface area contributed by atoms with Crippen LogP contribution in [-0.4, -0.2) is 60.5 Å². The molecule has 114 valence electrons. The zero-order valence-electron chi connectivity index (χ0n) is 12.5.